The zero-order valence-corrected chi connectivity index (χ0v) is 19.2. The average molecular weight is 497 g/mol. The van der Waals surface area contributed by atoms with Crippen LogP contribution in [0, 0.1) is 6.92 Å². The molecule has 3 heterocycles. The summed E-state index contributed by atoms with van der Waals surface area (Å²) in [5.74, 6) is -0.623. The quantitative estimate of drug-likeness (QED) is 0.350. The Hall–Kier alpha value is -4.49. The topological polar surface area (TPSA) is 166 Å². The van der Waals surface area contributed by atoms with Crippen molar-refractivity contribution in [1.29, 1.82) is 0 Å². The standard InChI is InChI=1S/C22H21F2N9O3/c1-9(20-29-10(2)31-33(20)16-7-14(19(25)34)26-8-27-16)28-21(35)13-5-11(18(23)24)6-15-17(13)30-22(36)32(15)12-3-4-12/h5-9,12,18H,3-4H2,1-2H3,(H2,25,34)(H,28,35)(H,30,36)/t9-/m0/s1. The van der Waals surface area contributed by atoms with E-state index in [1.165, 1.54) is 21.4 Å². The Morgan fingerprint density at radius 3 is 2.64 bits per heavy atom. The number of aromatic amines is 1. The molecule has 0 saturated heterocycles. The van der Waals surface area contributed by atoms with Crippen molar-refractivity contribution in [3.63, 3.8) is 0 Å². The molecule has 0 spiro atoms. The number of H-pyrrole nitrogens is 1. The highest BCUT2D eigenvalue weighted by Crippen LogP contribution is 2.37. The molecule has 4 aromatic rings. The smallest absolute Gasteiger partial charge is 0.326 e. The molecular weight excluding hydrogens is 476 g/mol. The van der Waals surface area contributed by atoms with Crippen molar-refractivity contribution in [3.8, 4) is 5.82 Å². The summed E-state index contributed by atoms with van der Waals surface area (Å²) in [6.45, 7) is 3.26. The van der Waals surface area contributed by atoms with Gasteiger partial charge in [-0.1, -0.05) is 0 Å². The van der Waals surface area contributed by atoms with Gasteiger partial charge in [-0.25, -0.2) is 28.5 Å². The van der Waals surface area contributed by atoms with Crippen molar-refractivity contribution in [3.05, 3.63) is 63.5 Å². The number of nitrogens with zero attached hydrogens (tertiary/aromatic N) is 6. The molecule has 1 fully saturated rings. The Balaban J connectivity index is 1.52. The minimum atomic E-state index is -2.83. The first kappa shape index (κ1) is 23.3. The number of carbonyl (C=O) groups is 2. The van der Waals surface area contributed by atoms with Crippen LogP contribution in [0.5, 0.6) is 0 Å². The molecule has 1 saturated carbocycles. The van der Waals surface area contributed by atoms with E-state index in [1.54, 1.807) is 13.8 Å². The van der Waals surface area contributed by atoms with E-state index in [0.29, 0.717) is 5.82 Å². The van der Waals surface area contributed by atoms with Crippen LogP contribution in [0.15, 0.2) is 29.3 Å². The maximum absolute atomic E-state index is 13.7. The number of nitrogens with two attached hydrogens (primary N) is 1. The van der Waals surface area contributed by atoms with Gasteiger partial charge in [-0.15, -0.1) is 5.10 Å². The number of aromatic nitrogens is 7. The predicted molar refractivity (Wildman–Crippen MR) is 122 cm³/mol. The summed E-state index contributed by atoms with van der Waals surface area (Å²) in [5, 5.41) is 7.00. The molecule has 4 N–H and O–H groups in total. The van der Waals surface area contributed by atoms with Gasteiger partial charge >= 0.3 is 5.69 Å². The molecule has 1 aliphatic rings. The van der Waals surface area contributed by atoms with Crippen molar-refractivity contribution in [2.75, 3.05) is 0 Å². The first-order valence-electron chi connectivity index (χ1n) is 11.1. The highest BCUT2D eigenvalue weighted by Gasteiger charge is 2.30. The third kappa shape index (κ3) is 4.10. The summed E-state index contributed by atoms with van der Waals surface area (Å²) in [4.78, 5) is 52.2. The summed E-state index contributed by atoms with van der Waals surface area (Å²) in [6, 6.07) is 2.79. The largest absolute Gasteiger partial charge is 0.364 e. The fourth-order valence-electron chi connectivity index (χ4n) is 4.06. The number of alkyl halides is 2. The maximum atomic E-state index is 13.7. The zero-order valence-electron chi connectivity index (χ0n) is 19.2. The van der Waals surface area contributed by atoms with Crippen LogP contribution in [-0.2, 0) is 0 Å². The number of hydrogen-bond donors (Lipinski definition) is 3. The first-order valence-corrected chi connectivity index (χ1v) is 11.1. The monoisotopic (exact) mass is 497 g/mol. The van der Waals surface area contributed by atoms with Crippen LogP contribution in [-0.4, -0.2) is 46.1 Å². The van der Waals surface area contributed by atoms with Gasteiger partial charge < -0.3 is 16.0 Å². The Bertz CT molecular complexity index is 1570. The Labute approximate surface area is 201 Å². The highest BCUT2D eigenvalue weighted by atomic mass is 19.3. The molecule has 186 valence electrons. The van der Waals surface area contributed by atoms with Crippen LogP contribution < -0.4 is 16.7 Å². The molecule has 1 aromatic carbocycles. The number of amides is 2. The number of rotatable bonds is 7. The molecule has 14 heteroatoms. The summed E-state index contributed by atoms with van der Waals surface area (Å²) in [7, 11) is 0. The van der Waals surface area contributed by atoms with Crippen molar-refractivity contribution in [2.45, 2.75) is 45.2 Å². The lowest BCUT2D eigenvalue weighted by molar-refractivity contribution is 0.0937. The van der Waals surface area contributed by atoms with Gasteiger partial charge in [0.25, 0.3) is 18.2 Å². The van der Waals surface area contributed by atoms with Crippen molar-refractivity contribution in [1.82, 2.24) is 39.6 Å². The molecule has 1 aliphatic carbocycles. The Morgan fingerprint density at radius 2 is 1.97 bits per heavy atom. The number of carbonyl (C=O) groups excluding carboxylic acids is 2. The van der Waals surface area contributed by atoms with E-state index in [9.17, 15) is 23.2 Å². The second kappa shape index (κ2) is 8.62. The third-order valence-electron chi connectivity index (χ3n) is 5.85. The molecule has 5 rings (SSSR count). The molecule has 0 unspecified atom stereocenters. The van der Waals surface area contributed by atoms with E-state index in [-0.39, 0.29) is 45.5 Å². The molecule has 0 radical (unpaired) electrons. The molecule has 1 atom stereocenters. The molecule has 2 amide bonds. The molecule has 3 aromatic heterocycles. The van der Waals surface area contributed by atoms with Gasteiger partial charge in [0.05, 0.1) is 22.6 Å². The number of halogens is 2. The van der Waals surface area contributed by atoms with E-state index in [1.807, 2.05) is 0 Å². The average Bonchev–Trinajstić information content (AvgIpc) is 3.50. The van der Waals surface area contributed by atoms with Gasteiger partial charge in [-0.3, -0.25) is 14.2 Å². The Morgan fingerprint density at radius 1 is 1.22 bits per heavy atom. The number of nitrogens with one attached hydrogen (secondary N) is 2. The van der Waals surface area contributed by atoms with Crippen LogP contribution in [0.2, 0.25) is 0 Å². The van der Waals surface area contributed by atoms with Gasteiger partial charge in [0.2, 0.25) is 0 Å². The minimum Gasteiger partial charge on any atom is -0.364 e. The Kier molecular flexibility index (Phi) is 5.57. The van der Waals surface area contributed by atoms with Gasteiger partial charge in [0.15, 0.2) is 11.6 Å². The predicted octanol–water partition coefficient (Wildman–Crippen LogP) is 1.87. The van der Waals surface area contributed by atoms with Gasteiger partial charge in [0.1, 0.15) is 17.8 Å². The number of fused-ring (bicyclic) bond motifs is 1. The van der Waals surface area contributed by atoms with E-state index >= 15 is 0 Å². The lowest BCUT2D eigenvalue weighted by Gasteiger charge is -2.15. The van der Waals surface area contributed by atoms with E-state index < -0.39 is 30.0 Å². The number of imidazole rings is 1. The first-order chi connectivity index (χ1) is 17.1. The van der Waals surface area contributed by atoms with E-state index in [0.717, 1.165) is 25.2 Å². The summed E-state index contributed by atoms with van der Waals surface area (Å²) in [5.41, 5.74) is 4.79. The SMILES string of the molecule is Cc1nc([C@H](C)NC(=O)c2cc(C(F)F)cc3c2[nH]c(=O)n3C2CC2)n(-c2cc(C(N)=O)ncn2)n1. The summed E-state index contributed by atoms with van der Waals surface area (Å²) >= 11 is 0. The number of hydrogen-bond acceptors (Lipinski definition) is 7. The fourth-order valence-corrected chi connectivity index (χ4v) is 4.06. The molecule has 0 aliphatic heterocycles. The molecule has 0 bridgehead atoms. The second-order valence-electron chi connectivity index (χ2n) is 8.54. The van der Waals surface area contributed by atoms with Crippen molar-refractivity contribution >= 4 is 22.8 Å². The van der Waals surface area contributed by atoms with Crippen molar-refractivity contribution < 1.29 is 18.4 Å². The minimum absolute atomic E-state index is 0.0360. The fraction of sp³-hybridized carbons (Fsp3) is 0.318. The number of aryl methyl sites for hydroxylation is 1. The molecule has 36 heavy (non-hydrogen) atoms. The number of benzene rings is 1. The van der Waals surface area contributed by atoms with E-state index in [4.69, 9.17) is 5.73 Å². The van der Waals surface area contributed by atoms with Gasteiger partial charge in [-0.05, 0) is 38.8 Å². The van der Waals surface area contributed by atoms with Gasteiger partial charge in [0, 0.05) is 17.7 Å². The summed E-state index contributed by atoms with van der Waals surface area (Å²) in [6.07, 6.45) is -0.161. The zero-order chi connectivity index (χ0) is 25.7. The normalized spacial score (nSPS) is 14.4. The molecular formula is C22H21F2N9O3. The van der Waals surface area contributed by atoms with E-state index in [2.05, 4.69) is 30.4 Å². The number of primary amides is 1. The van der Waals surface area contributed by atoms with Crippen LogP contribution >= 0.6 is 0 Å². The molecule has 12 nitrogen and oxygen atoms in total. The third-order valence-corrected chi connectivity index (χ3v) is 5.85. The van der Waals surface area contributed by atoms with Crippen molar-refractivity contribution in [2.24, 2.45) is 5.73 Å². The van der Waals surface area contributed by atoms with Gasteiger partial charge in [-0.2, -0.15) is 4.68 Å². The maximum Gasteiger partial charge on any atom is 0.326 e. The second-order valence-corrected chi connectivity index (χ2v) is 8.54. The highest BCUT2D eigenvalue weighted by molar-refractivity contribution is 6.05. The summed E-state index contributed by atoms with van der Waals surface area (Å²) < 4.78 is 30.1. The lowest BCUT2D eigenvalue weighted by atomic mass is 10.1. The van der Waals surface area contributed by atoms with Crippen LogP contribution in [0.3, 0.4) is 0 Å². The van der Waals surface area contributed by atoms with Crippen LogP contribution in [0.1, 0.15) is 76.3 Å². The van der Waals surface area contributed by atoms with Crippen LogP contribution in [0.25, 0.3) is 16.9 Å². The van der Waals surface area contributed by atoms with Crippen LogP contribution in [0.4, 0.5) is 8.78 Å². The lowest BCUT2D eigenvalue weighted by Crippen LogP contribution is -2.29.